The Morgan fingerprint density at radius 1 is 1.18 bits per heavy atom. The van der Waals surface area contributed by atoms with Crippen molar-refractivity contribution in [3.05, 3.63) is 48.0 Å². The van der Waals surface area contributed by atoms with E-state index in [1.165, 1.54) is 0 Å². The zero-order chi connectivity index (χ0) is 20.3. The van der Waals surface area contributed by atoms with Gasteiger partial charge in [0.1, 0.15) is 22.8 Å². The van der Waals surface area contributed by atoms with Crippen LogP contribution in [0.2, 0.25) is 0 Å². The number of ether oxygens (including phenoxy) is 3. The van der Waals surface area contributed by atoms with Gasteiger partial charge in [-0.15, -0.1) is 0 Å². The Morgan fingerprint density at radius 3 is 2.68 bits per heavy atom. The van der Waals surface area contributed by atoms with Gasteiger partial charge in [-0.1, -0.05) is 6.07 Å². The Morgan fingerprint density at radius 2 is 1.96 bits per heavy atom. The molecule has 2 aromatic carbocycles. The number of nitrogens with one attached hydrogen (secondary N) is 2. The number of benzene rings is 2. The van der Waals surface area contributed by atoms with Crippen molar-refractivity contribution < 1.29 is 14.2 Å². The molecule has 0 radical (unpaired) electrons. The summed E-state index contributed by atoms with van der Waals surface area (Å²) in [5.41, 5.74) is 1.63. The van der Waals surface area contributed by atoms with E-state index in [1.54, 1.807) is 7.11 Å². The maximum atomic E-state index is 6.13. The van der Waals surface area contributed by atoms with Crippen molar-refractivity contribution in [2.45, 2.75) is 51.9 Å². The van der Waals surface area contributed by atoms with Gasteiger partial charge >= 0.3 is 0 Å². The molecule has 0 spiro atoms. The Balaban J connectivity index is 1.75. The summed E-state index contributed by atoms with van der Waals surface area (Å²) >= 11 is 5.58. The number of fused-ring (bicyclic) bond motifs is 1. The molecule has 0 aliphatic carbocycles. The fraction of sp³-hybridized carbons (Fsp3) is 0.409. The molecule has 150 valence electrons. The molecule has 1 unspecified atom stereocenters. The minimum atomic E-state index is -0.292. The number of rotatable bonds is 5. The third-order valence-electron chi connectivity index (χ3n) is 4.44. The minimum absolute atomic E-state index is 0.0175. The van der Waals surface area contributed by atoms with Crippen LogP contribution in [0, 0.1) is 0 Å². The molecule has 0 amide bonds. The summed E-state index contributed by atoms with van der Waals surface area (Å²) in [4.78, 5) is 0. The van der Waals surface area contributed by atoms with Crippen molar-refractivity contribution in [2.75, 3.05) is 12.4 Å². The molecule has 0 saturated heterocycles. The van der Waals surface area contributed by atoms with Gasteiger partial charge < -0.3 is 24.8 Å². The number of hydrogen-bond acceptors (Lipinski definition) is 4. The molecular weight excluding hydrogens is 372 g/mol. The fourth-order valence-electron chi connectivity index (χ4n) is 3.33. The van der Waals surface area contributed by atoms with Crippen LogP contribution in [-0.2, 0) is 0 Å². The molecule has 0 aromatic heterocycles. The highest BCUT2D eigenvalue weighted by Gasteiger charge is 2.34. The molecule has 28 heavy (non-hydrogen) atoms. The van der Waals surface area contributed by atoms with Crippen molar-refractivity contribution >= 4 is 23.0 Å². The summed E-state index contributed by atoms with van der Waals surface area (Å²) in [6.45, 7) is 8.17. The Bertz CT molecular complexity index is 851. The van der Waals surface area contributed by atoms with Gasteiger partial charge in [0.2, 0.25) is 0 Å². The molecule has 1 aliphatic rings. The summed E-state index contributed by atoms with van der Waals surface area (Å²) in [6, 6.07) is 13.7. The first kappa shape index (κ1) is 20.3. The second-order valence-electron chi connectivity index (χ2n) is 7.82. The lowest BCUT2D eigenvalue weighted by molar-refractivity contribution is 0.0695. The molecule has 2 N–H and O–H groups in total. The van der Waals surface area contributed by atoms with Crippen LogP contribution in [0.4, 0.5) is 5.69 Å². The van der Waals surface area contributed by atoms with E-state index in [0.29, 0.717) is 5.11 Å². The second kappa shape index (κ2) is 8.27. The standard InChI is InChI=1S/C22H28N2O3S/c1-14(2)26-17-8-6-7-15(11-17)23-21(28)24-19-13-22(3,4)27-20-10-9-16(25-5)12-18(19)20/h6-12,14,19H,13H2,1-5H3,(H2,23,24,28). The monoisotopic (exact) mass is 400 g/mol. The summed E-state index contributed by atoms with van der Waals surface area (Å²) in [6.07, 6.45) is 0.905. The van der Waals surface area contributed by atoms with Gasteiger partial charge in [0.25, 0.3) is 0 Å². The molecule has 1 aliphatic heterocycles. The van der Waals surface area contributed by atoms with Crippen LogP contribution in [0.5, 0.6) is 17.2 Å². The predicted octanol–water partition coefficient (Wildman–Crippen LogP) is 5.07. The zero-order valence-electron chi connectivity index (χ0n) is 17.0. The van der Waals surface area contributed by atoms with Crippen LogP contribution in [0.15, 0.2) is 42.5 Å². The van der Waals surface area contributed by atoms with E-state index >= 15 is 0 Å². The average Bonchev–Trinajstić information content (AvgIpc) is 2.60. The summed E-state index contributed by atoms with van der Waals surface area (Å²) in [5.74, 6) is 2.46. The SMILES string of the molecule is COc1ccc2c(c1)C(NC(=S)Nc1cccc(OC(C)C)c1)CC(C)(C)O2. The van der Waals surface area contributed by atoms with Crippen LogP contribution in [0.1, 0.15) is 45.7 Å². The number of hydrogen-bond donors (Lipinski definition) is 2. The van der Waals surface area contributed by atoms with E-state index in [9.17, 15) is 0 Å². The quantitative estimate of drug-likeness (QED) is 0.684. The first-order valence-corrected chi connectivity index (χ1v) is 9.88. The summed E-state index contributed by atoms with van der Waals surface area (Å²) in [5, 5.41) is 7.25. The molecule has 1 heterocycles. The average molecular weight is 401 g/mol. The third kappa shape index (κ3) is 5.07. The Hall–Kier alpha value is -2.47. The molecule has 6 heteroatoms. The molecule has 3 rings (SSSR count). The van der Waals surface area contributed by atoms with Gasteiger partial charge in [0, 0.05) is 23.7 Å². The third-order valence-corrected chi connectivity index (χ3v) is 4.66. The topological polar surface area (TPSA) is 51.8 Å². The maximum Gasteiger partial charge on any atom is 0.171 e. The Labute approximate surface area is 172 Å². The number of methoxy groups -OCH3 is 1. The first-order chi connectivity index (χ1) is 13.3. The molecule has 0 saturated carbocycles. The zero-order valence-corrected chi connectivity index (χ0v) is 17.9. The van der Waals surface area contributed by atoms with E-state index in [0.717, 1.165) is 34.9 Å². The van der Waals surface area contributed by atoms with Crippen molar-refractivity contribution in [3.8, 4) is 17.2 Å². The van der Waals surface area contributed by atoms with E-state index in [-0.39, 0.29) is 17.7 Å². The normalized spacial score (nSPS) is 17.3. The van der Waals surface area contributed by atoms with Gasteiger partial charge in [0.15, 0.2) is 5.11 Å². The number of thiocarbonyl (C=S) groups is 1. The van der Waals surface area contributed by atoms with Crippen LogP contribution < -0.4 is 24.8 Å². The fourth-order valence-corrected chi connectivity index (χ4v) is 3.59. The van der Waals surface area contributed by atoms with Crippen molar-refractivity contribution in [2.24, 2.45) is 0 Å². The second-order valence-corrected chi connectivity index (χ2v) is 8.22. The smallest absolute Gasteiger partial charge is 0.171 e. The molecule has 2 aromatic rings. The molecule has 1 atom stereocenters. The van der Waals surface area contributed by atoms with Crippen LogP contribution in [0.3, 0.4) is 0 Å². The summed E-state index contributed by atoms with van der Waals surface area (Å²) in [7, 11) is 1.66. The molecular formula is C22H28N2O3S. The highest BCUT2D eigenvalue weighted by Crippen LogP contribution is 2.41. The predicted molar refractivity (Wildman–Crippen MR) is 117 cm³/mol. The van der Waals surface area contributed by atoms with Crippen LogP contribution >= 0.6 is 12.2 Å². The largest absolute Gasteiger partial charge is 0.497 e. The van der Waals surface area contributed by atoms with Crippen LogP contribution in [0.25, 0.3) is 0 Å². The van der Waals surface area contributed by atoms with E-state index in [4.69, 9.17) is 26.4 Å². The molecule has 0 fully saturated rings. The highest BCUT2D eigenvalue weighted by molar-refractivity contribution is 7.80. The van der Waals surface area contributed by atoms with Crippen molar-refractivity contribution in [1.29, 1.82) is 0 Å². The van der Waals surface area contributed by atoms with Gasteiger partial charge in [0.05, 0.1) is 19.3 Å². The first-order valence-electron chi connectivity index (χ1n) is 9.47. The summed E-state index contributed by atoms with van der Waals surface area (Å²) < 4.78 is 17.3. The van der Waals surface area contributed by atoms with E-state index in [1.807, 2.05) is 56.3 Å². The van der Waals surface area contributed by atoms with Gasteiger partial charge in [-0.2, -0.15) is 0 Å². The van der Waals surface area contributed by atoms with E-state index in [2.05, 4.69) is 24.5 Å². The Kier molecular flexibility index (Phi) is 5.98. The van der Waals surface area contributed by atoms with E-state index < -0.39 is 0 Å². The molecule has 5 nitrogen and oxygen atoms in total. The van der Waals surface area contributed by atoms with Gasteiger partial charge in [-0.3, -0.25) is 0 Å². The lowest BCUT2D eigenvalue weighted by Crippen LogP contribution is -2.42. The van der Waals surface area contributed by atoms with Crippen LogP contribution in [-0.4, -0.2) is 23.9 Å². The van der Waals surface area contributed by atoms with Crippen molar-refractivity contribution in [3.63, 3.8) is 0 Å². The lowest BCUT2D eigenvalue weighted by atomic mass is 9.89. The maximum absolute atomic E-state index is 6.13. The highest BCUT2D eigenvalue weighted by atomic mass is 32.1. The minimum Gasteiger partial charge on any atom is -0.497 e. The lowest BCUT2D eigenvalue weighted by Gasteiger charge is -2.38. The molecule has 0 bridgehead atoms. The van der Waals surface area contributed by atoms with Gasteiger partial charge in [-0.25, -0.2) is 0 Å². The van der Waals surface area contributed by atoms with Crippen molar-refractivity contribution in [1.82, 2.24) is 5.32 Å². The number of anilines is 1. The van der Waals surface area contributed by atoms with Gasteiger partial charge in [-0.05, 0) is 70.2 Å².